The predicted octanol–water partition coefficient (Wildman–Crippen LogP) is 0.617. The zero-order valence-electron chi connectivity index (χ0n) is 15.8. The van der Waals surface area contributed by atoms with Gasteiger partial charge in [-0.2, -0.15) is 0 Å². The monoisotopic (exact) mass is 381 g/mol. The first kappa shape index (κ1) is 19.3. The summed E-state index contributed by atoms with van der Waals surface area (Å²) in [5.41, 5.74) is 7.97. The number of aliphatic imine (C=N–C) groups is 1. The Morgan fingerprint density at radius 3 is 2.86 bits per heavy atom. The first-order chi connectivity index (χ1) is 13.5. The average Bonchev–Trinajstić information content (AvgIpc) is 3.14. The summed E-state index contributed by atoms with van der Waals surface area (Å²) in [7, 11) is 3.26. The van der Waals surface area contributed by atoms with Crippen LogP contribution in [0.2, 0.25) is 0 Å². The number of carbonyl (C=O) groups excluding carboxylic acids is 2. The van der Waals surface area contributed by atoms with Crippen LogP contribution in [-0.2, 0) is 11.2 Å². The molecule has 9 nitrogen and oxygen atoms in total. The normalized spacial score (nSPS) is 20.4. The maximum absolute atomic E-state index is 12.7. The van der Waals surface area contributed by atoms with Gasteiger partial charge in [-0.05, 0) is 18.4 Å². The maximum Gasteiger partial charge on any atom is 0.291 e. The Hall–Kier alpha value is -3.49. The molecule has 1 aromatic heterocycles. The molecule has 28 heavy (non-hydrogen) atoms. The molecule has 0 aliphatic carbocycles. The molecule has 1 saturated heterocycles. The number of carbonyl (C=O) groups is 2. The largest absolute Gasteiger partial charge is 0.403 e. The van der Waals surface area contributed by atoms with Crippen molar-refractivity contribution in [2.45, 2.75) is 25.3 Å². The van der Waals surface area contributed by atoms with Gasteiger partial charge >= 0.3 is 0 Å². The lowest BCUT2D eigenvalue weighted by molar-refractivity contribution is -0.129. The number of amides is 2. The number of likely N-dealkylation sites (N-methyl/N-ethyl adjacent to an activating group) is 1. The fourth-order valence-corrected chi connectivity index (χ4v) is 3.13. The van der Waals surface area contributed by atoms with E-state index in [1.807, 2.05) is 30.3 Å². The molecule has 1 fully saturated rings. The molecule has 1 atom stereocenters. The summed E-state index contributed by atoms with van der Waals surface area (Å²) in [5.74, 6) is -0.180. The molecule has 0 radical (unpaired) electrons. The van der Waals surface area contributed by atoms with Crippen LogP contribution in [0.3, 0.4) is 0 Å². The van der Waals surface area contributed by atoms with Gasteiger partial charge in [0.1, 0.15) is 11.9 Å². The number of rotatable bonds is 4. The molecule has 4 N–H and O–H groups in total. The van der Waals surface area contributed by atoms with Crippen molar-refractivity contribution in [3.05, 3.63) is 59.4 Å². The van der Waals surface area contributed by atoms with Crippen molar-refractivity contribution in [2.75, 3.05) is 14.1 Å². The van der Waals surface area contributed by atoms with Crippen molar-refractivity contribution in [3.63, 3.8) is 0 Å². The maximum atomic E-state index is 12.7. The molecular weight excluding hydrogens is 358 g/mol. The van der Waals surface area contributed by atoms with E-state index in [0.717, 1.165) is 11.3 Å². The molecule has 0 saturated carbocycles. The van der Waals surface area contributed by atoms with Crippen molar-refractivity contribution in [2.24, 2.45) is 10.7 Å². The van der Waals surface area contributed by atoms with Crippen molar-refractivity contribution >= 4 is 17.5 Å². The van der Waals surface area contributed by atoms with Crippen LogP contribution in [-0.4, -0.2) is 57.7 Å². The zero-order valence-corrected chi connectivity index (χ0v) is 15.8. The first-order valence-electron chi connectivity index (χ1n) is 8.95. The minimum absolute atomic E-state index is 0.00426. The van der Waals surface area contributed by atoms with Gasteiger partial charge in [0.25, 0.3) is 5.91 Å². The van der Waals surface area contributed by atoms with Crippen LogP contribution in [0.4, 0.5) is 0 Å². The molecule has 146 valence electrons. The summed E-state index contributed by atoms with van der Waals surface area (Å²) in [6.45, 7) is 0. The summed E-state index contributed by atoms with van der Waals surface area (Å²) in [6, 6.07) is 9.04. The van der Waals surface area contributed by atoms with E-state index in [-0.39, 0.29) is 11.7 Å². The third kappa shape index (κ3) is 4.08. The molecular formula is C19H23N7O2. The van der Waals surface area contributed by atoms with E-state index in [2.05, 4.69) is 25.5 Å². The van der Waals surface area contributed by atoms with E-state index >= 15 is 0 Å². The van der Waals surface area contributed by atoms with E-state index in [0.29, 0.717) is 30.8 Å². The molecule has 1 aromatic carbocycles. The predicted molar refractivity (Wildman–Crippen MR) is 105 cm³/mol. The van der Waals surface area contributed by atoms with Gasteiger partial charge in [0.2, 0.25) is 11.7 Å². The Morgan fingerprint density at radius 1 is 1.43 bits per heavy atom. The van der Waals surface area contributed by atoms with Gasteiger partial charge in [0.15, 0.2) is 0 Å². The van der Waals surface area contributed by atoms with Crippen molar-refractivity contribution < 1.29 is 9.59 Å². The summed E-state index contributed by atoms with van der Waals surface area (Å²) in [4.78, 5) is 35.1. The van der Waals surface area contributed by atoms with Crippen molar-refractivity contribution in [1.29, 1.82) is 0 Å². The highest BCUT2D eigenvalue weighted by Gasteiger charge is 2.32. The number of hydrogen-bond acceptors (Lipinski definition) is 6. The van der Waals surface area contributed by atoms with Crippen molar-refractivity contribution in [3.8, 4) is 0 Å². The zero-order chi connectivity index (χ0) is 20.1. The second-order valence-electron chi connectivity index (χ2n) is 6.45. The topological polar surface area (TPSA) is 129 Å². The second kappa shape index (κ2) is 8.47. The number of aromatic nitrogens is 3. The minimum Gasteiger partial charge on any atom is -0.403 e. The Labute approximate surface area is 162 Å². The van der Waals surface area contributed by atoms with E-state index in [9.17, 15) is 9.59 Å². The third-order valence-corrected chi connectivity index (χ3v) is 4.64. The van der Waals surface area contributed by atoms with Gasteiger partial charge in [-0.1, -0.05) is 30.3 Å². The summed E-state index contributed by atoms with van der Waals surface area (Å²) in [5, 5.41) is 9.48. The lowest BCUT2D eigenvalue weighted by atomic mass is 10.1. The second-order valence-corrected chi connectivity index (χ2v) is 6.45. The number of nitrogens with one attached hydrogen (secondary N) is 2. The molecule has 1 aliphatic rings. The summed E-state index contributed by atoms with van der Waals surface area (Å²) < 4.78 is 0. The van der Waals surface area contributed by atoms with Crippen LogP contribution in [0.5, 0.6) is 0 Å². The molecule has 3 rings (SSSR count). The third-order valence-electron chi connectivity index (χ3n) is 4.64. The van der Waals surface area contributed by atoms with Crippen LogP contribution in [0.15, 0.2) is 47.2 Å². The van der Waals surface area contributed by atoms with Crippen LogP contribution in [0.1, 0.15) is 34.8 Å². The lowest BCUT2D eigenvalue weighted by Gasteiger charge is -2.21. The molecule has 9 heteroatoms. The van der Waals surface area contributed by atoms with Crippen LogP contribution < -0.4 is 11.1 Å². The average molecular weight is 381 g/mol. The fourth-order valence-electron chi connectivity index (χ4n) is 3.13. The van der Waals surface area contributed by atoms with Gasteiger partial charge in [0, 0.05) is 26.7 Å². The minimum atomic E-state index is -0.706. The number of hydrogen-bond donors (Lipinski definition) is 3. The molecule has 0 unspecified atom stereocenters. The number of aromatic amines is 1. The standard InChI is InChI=1S/C19H23N7O2/c1-21-13-8-9-14(19(28)26(2)15(13)11-20)22-18(27)17-23-16(24-25-17)10-12-6-4-3-5-7-12/h3-7,11,14H,8-10,20H2,1-2H3,(H,22,27)(H,23,24,25)/t14-/m0/s1. The van der Waals surface area contributed by atoms with Gasteiger partial charge in [-0.25, -0.2) is 4.98 Å². The first-order valence-corrected chi connectivity index (χ1v) is 8.95. The van der Waals surface area contributed by atoms with Crippen molar-refractivity contribution in [1.82, 2.24) is 25.4 Å². The SMILES string of the molecule is CN=C1CC[C@H](NC(=O)c2n[nH]c(Cc3ccccc3)n2)C(=O)N(C)C1=CN. The summed E-state index contributed by atoms with van der Waals surface area (Å²) >= 11 is 0. The van der Waals surface area contributed by atoms with Gasteiger partial charge in [-0.3, -0.25) is 19.7 Å². The number of H-pyrrole nitrogens is 1. The number of likely N-dealkylation sites (tertiary alicyclic amines) is 1. The highest BCUT2D eigenvalue weighted by atomic mass is 16.2. The van der Waals surface area contributed by atoms with Crippen LogP contribution in [0.25, 0.3) is 0 Å². The molecule has 2 amide bonds. The Balaban J connectivity index is 1.70. The number of nitrogens with two attached hydrogens (primary N) is 1. The van der Waals surface area contributed by atoms with Crippen LogP contribution in [0, 0.1) is 0 Å². The van der Waals surface area contributed by atoms with Gasteiger partial charge < -0.3 is 16.0 Å². The van der Waals surface area contributed by atoms with E-state index in [4.69, 9.17) is 5.73 Å². The quantitative estimate of drug-likeness (QED) is 0.715. The van der Waals surface area contributed by atoms with E-state index in [1.54, 1.807) is 14.1 Å². The van der Waals surface area contributed by atoms with Crippen LogP contribution >= 0.6 is 0 Å². The lowest BCUT2D eigenvalue weighted by Crippen LogP contribution is -2.46. The smallest absolute Gasteiger partial charge is 0.291 e. The molecule has 0 bridgehead atoms. The highest BCUT2D eigenvalue weighted by Crippen LogP contribution is 2.18. The fraction of sp³-hybridized carbons (Fsp3) is 0.316. The number of nitrogens with zero attached hydrogens (tertiary/aromatic N) is 4. The summed E-state index contributed by atoms with van der Waals surface area (Å²) in [6.07, 6.45) is 2.83. The van der Waals surface area contributed by atoms with Gasteiger partial charge in [-0.15, -0.1) is 5.10 Å². The molecule has 0 spiro atoms. The highest BCUT2D eigenvalue weighted by molar-refractivity contribution is 6.06. The Morgan fingerprint density at radius 2 is 2.18 bits per heavy atom. The Bertz CT molecular complexity index is 917. The van der Waals surface area contributed by atoms with Gasteiger partial charge in [0.05, 0.1) is 11.4 Å². The molecule has 1 aliphatic heterocycles. The van der Waals surface area contributed by atoms with E-state index < -0.39 is 11.9 Å². The molecule has 2 heterocycles. The Kier molecular flexibility index (Phi) is 5.83. The van der Waals surface area contributed by atoms with E-state index in [1.165, 1.54) is 11.1 Å². The number of benzene rings is 1. The molecule has 2 aromatic rings. The number of allylic oxidation sites excluding steroid dienone is 1.